The Morgan fingerprint density at radius 1 is 1.33 bits per heavy atom. The molecule has 2 aliphatic rings. The third-order valence-electron chi connectivity index (χ3n) is 3.24. The molecule has 0 spiro atoms. The molecule has 1 unspecified atom stereocenters. The Bertz CT molecular complexity index is 440. The van der Waals surface area contributed by atoms with Gasteiger partial charge >= 0.3 is 0 Å². The number of thioether (sulfide) groups is 1. The Balaban J connectivity index is 1.56. The predicted molar refractivity (Wildman–Crippen MR) is 77.6 cm³/mol. The number of anilines is 1. The van der Waals surface area contributed by atoms with Crippen molar-refractivity contribution in [2.75, 3.05) is 18.5 Å². The lowest BCUT2D eigenvalue weighted by Gasteiger charge is -2.08. The zero-order valence-electron chi connectivity index (χ0n) is 10.6. The van der Waals surface area contributed by atoms with Gasteiger partial charge in [0, 0.05) is 10.9 Å². The van der Waals surface area contributed by atoms with E-state index < -0.39 is 0 Å². The fourth-order valence-corrected chi connectivity index (χ4v) is 3.32. The smallest absolute Gasteiger partial charge is 0.161 e. The first-order chi connectivity index (χ1) is 8.85. The van der Waals surface area contributed by atoms with Crippen LogP contribution in [0.1, 0.15) is 19.8 Å². The molecule has 0 amide bonds. The maximum Gasteiger partial charge on any atom is 0.161 e. The van der Waals surface area contributed by atoms with Crippen LogP contribution in [0.2, 0.25) is 0 Å². The molecule has 1 aromatic carbocycles. The van der Waals surface area contributed by atoms with Crippen molar-refractivity contribution in [2.24, 2.45) is 10.9 Å². The largest absolute Gasteiger partial charge is 0.494 e. The highest BCUT2D eigenvalue weighted by molar-refractivity contribution is 8.15. The van der Waals surface area contributed by atoms with E-state index >= 15 is 0 Å². The van der Waals surface area contributed by atoms with E-state index in [0.29, 0.717) is 6.61 Å². The van der Waals surface area contributed by atoms with Crippen LogP contribution in [0.25, 0.3) is 0 Å². The van der Waals surface area contributed by atoms with Crippen LogP contribution in [-0.4, -0.2) is 23.6 Å². The average Bonchev–Trinajstić information content (AvgIpc) is 3.13. The standard InChI is InChI=1S/C14H18N2OS/c1-2-17-12-7-5-11(6-8-12)16-14-15-9-13(18-14)10-3-4-10/h5-8,10,13H,2-4,9H2,1H3,(H,15,16). The van der Waals surface area contributed by atoms with Gasteiger partial charge in [-0.3, -0.25) is 4.99 Å². The molecule has 1 heterocycles. The van der Waals surface area contributed by atoms with Crippen molar-refractivity contribution in [3.63, 3.8) is 0 Å². The summed E-state index contributed by atoms with van der Waals surface area (Å²) in [5.74, 6) is 1.83. The van der Waals surface area contributed by atoms with Crippen LogP contribution in [-0.2, 0) is 0 Å². The molecule has 3 rings (SSSR count). The van der Waals surface area contributed by atoms with E-state index in [1.807, 2.05) is 43.0 Å². The molecule has 1 saturated carbocycles. The molecule has 4 heteroatoms. The molecular weight excluding hydrogens is 244 g/mol. The summed E-state index contributed by atoms with van der Waals surface area (Å²) in [6, 6.07) is 8.06. The molecule has 1 N–H and O–H groups in total. The van der Waals surface area contributed by atoms with Gasteiger partial charge in [-0.1, -0.05) is 11.8 Å². The maximum absolute atomic E-state index is 5.42. The average molecular weight is 262 g/mol. The molecule has 1 aliphatic heterocycles. The van der Waals surface area contributed by atoms with Crippen molar-refractivity contribution in [2.45, 2.75) is 25.0 Å². The van der Waals surface area contributed by atoms with E-state index in [-0.39, 0.29) is 0 Å². The van der Waals surface area contributed by atoms with Gasteiger partial charge in [0.1, 0.15) is 5.75 Å². The monoisotopic (exact) mass is 262 g/mol. The van der Waals surface area contributed by atoms with Gasteiger partial charge in [-0.2, -0.15) is 0 Å². The first kappa shape index (κ1) is 11.9. The second-order valence-corrected chi connectivity index (χ2v) is 5.95. The molecule has 1 aromatic rings. The summed E-state index contributed by atoms with van der Waals surface area (Å²) in [7, 11) is 0. The van der Waals surface area contributed by atoms with E-state index in [2.05, 4.69) is 10.3 Å². The van der Waals surface area contributed by atoms with Crippen LogP contribution in [0.3, 0.4) is 0 Å². The Kier molecular flexibility index (Phi) is 3.46. The molecule has 3 nitrogen and oxygen atoms in total. The van der Waals surface area contributed by atoms with Gasteiger partial charge in [-0.15, -0.1) is 0 Å². The van der Waals surface area contributed by atoms with Gasteiger partial charge in [0.25, 0.3) is 0 Å². The summed E-state index contributed by atoms with van der Waals surface area (Å²) in [5, 5.41) is 5.16. The maximum atomic E-state index is 5.42. The molecule has 0 saturated heterocycles. The van der Waals surface area contributed by atoms with E-state index in [0.717, 1.165) is 34.3 Å². The molecule has 96 valence electrons. The molecule has 18 heavy (non-hydrogen) atoms. The number of benzene rings is 1. The van der Waals surface area contributed by atoms with Crippen molar-refractivity contribution in [1.82, 2.24) is 0 Å². The summed E-state index contributed by atoms with van der Waals surface area (Å²) in [4.78, 5) is 4.57. The van der Waals surface area contributed by atoms with Crippen LogP contribution in [0.15, 0.2) is 29.3 Å². The normalized spacial score (nSPS) is 22.7. The molecule has 0 radical (unpaired) electrons. The Labute approximate surface area is 112 Å². The number of amidine groups is 1. The third kappa shape index (κ3) is 2.80. The second kappa shape index (κ2) is 5.22. The van der Waals surface area contributed by atoms with Gasteiger partial charge in [-0.25, -0.2) is 0 Å². The SMILES string of the molecule is CCOc1ccc(NC2=NCC(C3CC3)S2)cc1. The highest BCUT2D eigenvalue weighted by Gasteiger charge is 2.35. The minimum absolute atomic E-state index is 0.707. The molecule has 0 bridgehead atoms. The lowest BCUT2D eigenvalue weighted by molar-refractivity contribution is 0.340. The number of ether oxygens (including phenoxy) is 1. The number of hydrogen-bond acceptors (Lipinski definition) is 4. The third-order valence-corrected chi connectivity index (χ3v) is 4.53. The number of nitrogens with one attached hydrogen (secondary N) is 1. The molecule has 1 atom stereocenters. The summed E-state index contributed by atoms with van der Waals surface area (Å²) >= 11 is 1.90. The number of nitrogens with zero attached hydrogens (tertiary/aromatic N) is 1. The zero-order valence-corrected chi connectivity index (χ0v) is 11.4. The van der Waals surface area contributed by atoms with Gasteiger partial charge in [0.05, 0.1) is 13.2 Å². The lowest BCUT2D eigenvalue weighted by atomic mass is 10.3. The minimum atomic E-state index is 0.707. The predicted octanol–water partition coefficient (Wildman–Crippen LogP) is 3.38. The number of rotatable bonds is 4. The van der Waals surface area contributed by atoms with E-state index in [1.165, 1.54) is 12.8 Å². The number of aliphatic imine (C=N–C) groups is 1. The molecule has 1 fully saturated rings. The van der Waals surface area contributed by atoms with E-state index in [4.69, 9.17) is 4.74 Å². The van der Waals surface area contributed by atoms with Crippen LogP contribution in [0.4, 0.5) is 5.69 Å². The van der Waals surface area contributed by atoms with Crippen LogP contribution >= 0.6 is 11.8 Å². The fourth-order valence-electron chi connectivity index (χ4n) is 2.10. The van der Waals surface area contributed by atoms with Crippen LogP contribution < -0.4 is 10.1 Å². The van der Waals surface area contributed by atoms with Crippen LogP contribution in [0.5, 0.6) is 5.75 Å². The fraction of sp³-hybridized carbons (Fsp3) is 0.500. The molecule has 1 aliphatic carbocycles. The first-order valence-corrected chi connectivity index (χ1v) is 7.44. The van der Waals surface area contributed by atoms with Crippen molar-refractivity contribution >= 4 is 22.6 Å². The highest BCUT2D eigenvalue weighted by Crippen LogP contribution is 2.41. The van der Waals surface area contributed by atoms with Crippen LogP contribution in [0, 0.1) is 5.92 Å². The highest BCUT2D eigenvalue weighted by atomic mass is 32.2. The topological polar surface area (TPSA) is 33.6 Å². The summed E-state index contributed by atoms with van der Waals surface area (Å²) < 4.78 is 5.42. The van der Waals surface area contributed by atoms with Gasteiger partial charge in [0.15, 0.2) is 5.17 Å². The second-order valence-electron chi connectivity index (χ2n) is 4.72. The van der Waals surface area contributed by atoms with Crippen molar-refractivity contribution in [1.29, 1.82) is 0 Å². The quantitative estimate of drug-likeness (QED) is 0.903. The summed E-state index contributed by atoms with van der Waals surface area (Å²) in [6.07, 6.45) is 2.78. The number of hydrogen-bond donors (Lipinski definition) is 1. The van der Waals surface area contributed by atoms with Crippen molar-refractivity contribution < 1.29 is 4.74 Å². The Morgan fingerprint density at radius 3 is 2.78 bits per heavy atom. The summed E-state index contributed by atoms with van der Waals surface area (Å²) in [5.41, 5.74) is 1.08. The zero-order chi connectivity index (χ0) is 12.4. The van der Waals surface area contributed by atoms with Gasteiger partial charge < -0.3 is 10.1 Å². The first-order valence-electron chi connectivity index (χ1n) is 6.56. The van der Waals surface area contributed by atoms with Gasteiger partial charge in [-0.05, 0) is 49.9 Å². The van der Waals surface area contributed by atoms with Crippen molar-refractivity contribution in [3.8, 4) is 5.75 Å². The lowest BCUT2D eigenvalue weighted by Crippen LogP contribution is -2.08. The molecular formula is C14H18N2OS. The summed E-state index contributed by atoms with van der Waals surface area (Å²) in [6.45, 7) is 3.68. The van der Waals surface area contributed by atoms with Gasteiger partial charge in [0.2, 0.25) is 0 Å². The van der Waals surface area contributed by atoms with E-state index in [1.54, 1.807) is 0 Å². The minimum Gasteiger partial charge on any atom is -0.494 e. The Hall–Kier alpha value is -1.16. The Morgan fingerprint density at radius 2 is 2.11 bits per heavy atom. The van der Waals surface area contributed by atoms with Crippen molar-refractivity contribution in [3.05, 3.63) is 24.3 Å². The molecule has 0 aromatic heterocycles. The van der Waals surface area contributed by atoms with E-state index in [9.17, 15) is 0 Å².